The molecule has 0 saturated carbocycles. The average molecular weight is 342 g/mol. The monoisotopic (exact) mass is 342 g/mol. The molecular weight excluding hydrogens is 319 g/mol. The second kappa shape index (κ2) is 7.13. The zero-order chi connectivity index (χ0) is 18.0. The summed E-state index contributed by atoms with van der Waals surface area (Å²) in [4.78, 5) is 16.8. The molecule has 4 nitrogen and oxygen atoms in total. The summed E-state index contributed by atoms with van der Waals surface area (Å²) < 4.78 is 18.7. The van der Waals surface area contributed by atoms with Gasteiger partial charge in [-0.1, -0.05) is 12.1 Å². The molecule has 1 aliphatic heterocycles. The molecule has 1 heterocycles. The molecule has 0 radical (unpaired) electrons. The molecule has 132 valence electrons. The van der Waals surface area contributed by atoms with Crippen LogP contribution < -0.4 is 9.64 Å². The molecule has 2 aromatic carbocycles. The molecule has 0 spiro atoms. The number of rotatable bonds is 3. The Bertz CT molecular complexity index is 783. The first-order valence-electron chi connectivity index (χ1n) is 8.45. The number of methoxy groups -OCH3 is 1. The lowest BCUT2D eigenvalue weighted by Gasteiger charge is -2.37. The van der Waals surface area contributed by atoms with Gasteiger partial charge in [-0.2, -0.15) is 0 Å². The van der Waals surface area contributed by atoms with Crippen LogP contribution in [0.15, 0.2) is 36.4 Å². The van der Waals surface area contributed by atoms with Crippen molar-refractivity contribution in [2.24, 2.45) is 0 Å². The van der Waals surface area contributed by atoms with Crippen molar-refractivity contribution in [1.82, 2.24) is 4.90 Å². The maximum atomic E-state index is 13.5. The fourth-order valence-corrected chi connectivity index (χ4v) is 3.25. The standard InChI is InChI=1S/C20H23FN2O2/c1-14-5-4-6-18(15(14)2)22-9-11-23(12-10-22)20(24)17-13-16(21)7-8-19(17)25-3/h4-8,13H,9-12H2,1-3H3. The molecule has 1 aliphatic rings. The van der Waals surface area contributed by atoms with Crippen molar-refractivity contribution < 1.29 is 13.9 Å². The van der Waals surface area contributed by atoms with Gasteiger partial charge in [-0.15, -0.1) is 0 Å². The molecule has 0 N–H and O–H groups in total. The highest BCUT2D eigenvalue weighted by Gasteiger charge is 2.25. The van der Waals surface area contributed by atoms with Gasteiger partial charge >= 0.3 is 0 Å². The Morgan fingerprint density at radius 2 is 1.80 bits per heavy atom. The molecule has 25 heavy (non-hydrogen) atoms. The van der Waals surface area contributed by atoms with Gasteiger partial charge in [-0.3, -0.25) is 4.79 Å². The first-order chi connectivity index (χ1) is 12.0. The maximum absolute atomic E-state index is 13.5. The lowest BCUT2D eigenvalue weighted by atomic mass is 10.1. The number of anilines is 1. The number of hydrogen-bond acceptors (Lipinski definition) is 3. The zero-order valence-electron chi connectivity index (χ0n) is 14.9. The third-order valence-corrected chi connectivity index (χ3v) is 4.88. The smallest absolute Gasteiger partial charge is 0.257 e. The summed E-state index contributed by atoms with van der Waals surface area (Å²) in [5, 5.41) is 0. The van der Waals surface area contributed by atoms with Gasteiger partial charge in [-0.05, 0) is 49.2 Å². The molecule has 0 aliphatic carbocycles. The number of hydrogen-bond donors (Lipinski definition) is 0. The van der Waals surface area contributed by atoms with E-state index in [1.54, 1.807) is 4.90 Å². The molecule has 0 bridgehead atoms. The summed E-state index contributed by atoms with van der Waals surface area (Å²) in [6, 6.07) is 10.3. The van der Waals surface area contributed by atoms with Gasteiger partial charge in [0.05, 0.1) is 12.7 Å². The normalized spacial score (nSPS) is 14.6. The largest absolute Gasteiger partial charge is 0.496 e. The van der Waals surface area contributed by atoms with Crippen molar-refractivity contribution in [2.45, 2.75) is 13.8 Å². The summed E-state index contributed by atoms with van der Waals surface area (Å²) in [5.74, 6) is -0.210. The Labute approximate surface area is 147 Å². The van der Waals surface area contributed by atoms with Crippen LogP contribution in [-0.4, -0.2) is 44.1 Å². The molecule has 0 atom stereocenters. The van der Waals surface area contributed by atoms with Gasteiger partial charge in [0, 0.05) is 31.9 Å². The van der Waals surface area contributed by atoms with Crippen molar-refractivity contribution in [1.29, 1.82) is 0 Å². The van der Waals surface area contributed by atoms with E-state index in [0.29, 0.717) is 18.8 Å². The number of amides is 1. The minimum absolute atomic E-state index is 0.183. The first-order valence-corrected chi connectivity index (χ1v) is 8.45. The Hall–Kier alpha value is -2.56. The predicted molar refractivity (Wildman–Crippen MR) is 97.0 cm³/mol. The van der Waals surface area contributed by atoms with E-state index in [1.807, 2.05) is 0 Å². The van der Waals surface area contributed by atoms with Crippen LogP contribution in [0, 0.1) is 19.7 Å². The summed E-state index contributed by atoms with van der Waals surface area (Å²) in [7, 11) is 1.49. The van der Waals surface area contributed by atoms with E-state index < -0.39 is 5.82 Å². The van der Waals surface area contributed by atoms with Crippen LogP contribution in [0.25, 0.3) is 0 Å². The van der Waals surface area contributed by atoms with Gasteiger partial charge in [0.2, 0.25) is 0 Å². The van der Waals surface area contributed by atoms with E-state index in [0.717, 1.165) is 13.1 Å². The molecule has 5 heteroatoms. The van der Waals surface area contributed by atoms with Gasteiger partial charge in [-0.25, -0.2) is 4.39 Å². The molecule has 0 aromatic heterocycles. The summed E-state index contributed by atoms with van der Waals surface area (Å²) in [6.07, 6.45) is 0. The van der Waals surface area contributed by atoms with Gasteiger partial charge < -0.3 is 14.5 Å². The van der Waals surface area contributed by atoms with Gasteiger partial charge in [0.15, 0.2) is 0 Å². The van der Waals surface area contributed by atoms with Crippen molar-refractivity contribution in [3.8, 4) is 5.75 Å². The number of piperazine rings is 1. The highest BCUT2D eigenvalue weighted by atomic mass is 19.1. The Balaban J connectivity index is 1.73. The molecule has 3 rings (SSSR count). The Morgan fingerprint density at radius 3 is 2.48 bits per heavy atom. The van der Waals surface area contributed by atoms with E-state index in [-0.39, 0.29) is 11.5 Å². The van der Waals surface area contributed by atoms with Crippen LogP contribution >= 0.6 is 0 Å². The lowest BCUT2D eigenvalue weighted by molar-refractivity contribution is 0.0743. The topological polar surface area (TPSA) is 32.8 Å². The second-order valence-corrected chi connectivity index (χ2v) is 6.34. The fraction of sp³-hybridized carbons (Fsp3) is 0.350. The number of aryl methyl sites for hydroxylation is 1. The third-order valence-electron chi connectivity index (χ3n) is 4.88. The number of nitrogens with zero attached hydrogens (tertiary/aromatic N) is 2. The SMILES string of the molecule is COc1ccc(F)cc1C(=O)N1CCN(c2cccc(C)c2C)CC1. The molecule has 1 amide bonds. The molecule has 1 fully saturated rings. The summed E-state index contributed by atoms with van der Waals surface area (Å²) in [5.41, 5.74) is 4.03. The number of carbonyl (C=O) groups is 1. The number of ether oxygens (including phenoxy) is 1. The van der Waals surface area contributed by atoms with Crippen molar-refractivity contribution >= 4 is 11.6 Å². The lowest BCUT2D eigenvalue weighted by Crippen LogP contribution is -2.49. The Kier molecular flexibility index (Phi) is 4.93. The van der Waals surface area contributed by atoms with Crippen LogP contribution in [-0.2, 0) is 0 Å². The summed E-state index contributed by atoms with van der Waals surface area (Å²) >= 11 is 0. The molecule has 1 saturated heterocycles. The van der Waals surface area contributed by atoms with E-state index in [2.05, 4.69) is 36.9 Å². The van der Waals surface area contributed by atoms with Crippen LogP contribution in [0.3, 0.4) is 0 Å². The van der Waals surface area contributed by atoms with Crippen molar-refractivity contribution in [3.05, 3.63) is 58.9 Å². The van der Waals surface area contributed by atoms with Crippen LogP contribution in [0.1, 0.15) is 21.5 Å². The second-order valence-electron chi connectivity index (χ2n) is 6.34. The predicted octanol–water partition coefficient (Wildman–Crippen LogP) is 3.41. The van der Waals surface area contributed by atoms with Gasteiger partial charge in [0.1, 0.15) is 11.6 Å². The summed E-state index contributed by atoms with van der Waals surface area (Å²) in [6.45, 7) is 6.95. The maximum Gasteiger partial charge on any atom is 0.257 e. The van der Waals surface area contributed by atoms with Crippen molar-refractivity contribution in [2.75, 3.05) is 38.2 Å². The highest BCUT2D eigenvalue weighted by Crippen LogP contribution is 2.25. The van der Waals surface area contributed by atoms with E-state index in [4.69, 9.17) is 4.74 Å². The van der Waals surface area contributed by atoms with E-state index in [9.17, 15) is 9.18 Å². The van der Waals surface area contributed by atoms with E-state index >= 15 is 0 Å². The number of benzene rings is 2. The minimum atomic E-state index is -0.432. The Morgan fingerprint density at radius 1 is 1.08 bits per heavy atom. The fourth-order valence-electron chi connectivity index (χ4n) is 3.25. The van der Waals surface area contributed by atoms with Crippen LogP contribution in [0.4, 0.5) is 10.1 Å². The van der Waals surface area contributed by atoms with E-state index in [1.165, 1.54) is 42.1 Å². The van der Waals surface area contributed by atoms with Crippen LogP contribution in [0.2, 0.25) is 0 Å². The van der Waals surface area contributed by atoms with Gasteiger partial charge in [0.25, 0.3) is 5.91 Å². The number of halogens is 1. The van der Waals surface area contributed by atoms with Crippen molar-refractivity contribution in [3.63, 3.8) is 0 Å². The molecule has 2 aromatic rings. The average Bonchev–Trinajstić information content (AvgIpc) is 2.63. The highest BCUT2D eigenvalue weighted by molar-refractivity contribution is 5.97. The molecular formula is C20H23FN2O2. The zero-order valence-corrected chi connectivity index (χ0v) is 14.9. The third kappa shape index (κ3) is 3.45. The van der Waals surface area contributed by atoms with Crippen LogP contribution in [0.5, 0.6) is 5.75 Å². The first kappa shape index (κ1) is 17.3. The molecule has 0 unspecified atom stereocenters. The quantitative estimate of drug-likeness (QED) is 0.857. The minimum Gasteiger partial charge on any atom is -0.496 e. The number of carbonyl (C=O) groups excluding carboxylic acids is 1.